The summed E-state index contributed by atoms with van der Waals surface area (Å²) in [6.45, 7) is 3.61. The Morgan fingerprint density at radius 3 is 2.25 bits per heavy atom. The van der Waals surface area contributed by atoms with Crippen molar-refractivity contribution in [2.75, 3.05) is 5.32 Å². The Bertz CT molecular complexity index is 802. The van der Waals surface area contributed by atoms with E-state index in [1.165, 1.54) is 0 Å². The smallest absolute Gasteiger partial charge is 0.318 e. The van der Waals surface area contributed by atoms with Gasteiger partial charge < -0.3 is 5.32 Å². The number of aryl methyl sites for hydroxylation is 1. The van der Waals surface area contributed by atoms with Gasteiger partial charge in [0.2, 0.25) is 0 Å². The standard InChI is InChI=1S/C17H15Cl2N3O2/c1-10-3-6-13(7-4-10)20-16(23)17(24)22-21-11(2)12-5-8-14(18)15(19)9-12/h3-9H,1-2H3,(H,20,23)(H,22,24)/b21-11-. The van der Waals surface area contributed by atoms with Crippen LogP contribution in [0.25, 0.3) is 0 Å². The molecule has 0 aliphatic rings. The summed E-state index contributed by atoms with van der Waals surface area (Å²) in [5.41, 5.74) is 4.97. The molecule has 0 aromatic heterocycles. The van der Waals surface area contributed by atoms with Gasteiger partial charge >= 0.3 is 11.8 Å². The monoisotopic (exact) mass is 363 g/mol. The highest BCUT2D eigenvalue weighted by Gasteiger charge is 2.13. The minimum atomic E-state index is -0.866. The van der Waals surface area contributed by atoms with E-state index >= 15 is 0 Å². The van der Waals surface area contributed by atoms with E-state index in [0.29, 0.717) is 27.0 Å². The molecular weight excluding hydrogens is 349 g/mol. The molecule has 0 fully saturated rings. The van der Waals surface area contributed by atoms with Crippen LogP contribution < -0.4 is 10.7 Å². The molecule has 124 valence electrons. The summed E-state index contributed by atoms with van der Waals surface area (Å²) in [4.78, 5) is 23.6. The fourth-order valence-corrected chi connectivity index (χ4v) is 2.09. The van der Waals surface area contributed by atoms with Crippen molar-refractivity contribution in [1.82, 2.24) is 5.43 Å². The van der Waals surface area contributed by atoms with Gasteiger partial charge in [-0.15, -0.1) is 0 Å². The van der Waals surface area contributed by atoms with Crippen LogP contribution in [-0.2, 0) is 9.59 Å². The first-order chi connectivity index (χ1) is 11.4. The second-order valence-electron chi connectivity index (χ2n) is 5.09. The van der Waals surface area contributed by atoms with Crippen molar-refractivity contribution in [3.63, 3.8) is 0 Å². The predicted octanol–water partition coefficient (Wildman–Crippen LogP) is 3.78. The van der Waals surface area contributed by atoms with E-state index in [0.717, 1.165) is 5.56 Å². The summed E-state index contributed by atoms with van der Waals surface area (Å²) in [6, 6.07) is 12.1. The third-order valence-electron chi connectivity index (χ3n) is 3.18. The Kier molecular flexibility index (Phi) is 5.95. The molecule has 2 aromatic rings. The Labute approximate surface area is 149 Å². The molecule has 0 bridgehead atoms. The maximum Gasteiger partial charge on any atom is 0.329 e. The van der Waals surface area contributed by atoms with Crippen molar-refractivity contribution in [3.8, 4) is 0 Å². The van der Waals surface area contributed by atoms with Gasteiger partial charge in [0, 0.05) is 5.69 Å². The van der Waals surface area contributed by atoms with Gasteiger partial charge in [-0.1, -0.05) is 47.0 Å². The molecule has 2 N–H and O–H groups in total. The number of nitrogens with one attached hydrogen (secondary N) is 2. The molecule has 24 heavy (non-hydrogen) atoms. The lowest BCUT2D eigenvalue weighted by Gasteiger charge is -2.06. The molecule has 0 spiro atoms. The average molecular weight is 364 g/mol. The largest absolute Gasteiger partial charge is 0.329 e. The molecule has 5 nitrogen and oxygen atoms in total. The van der Waals surface area contributed by atoms with E-state index in [9.17, 15) is 9.59 Å². The maximum absolute atomic E-state index is 11.8. The second kappa shape index (κ2) is 7.95. The lowest BCUT2D eigenvalue weighted by atomic mass is 10.1. The Balaban J connectivity index is 1.98. The second-order valence-corrected chi connectivity index (χ2v) is 5.90. The summed E-state index contributed by atoms with van der Waals surface area (Å²) < 4.78 is 0. The molecule has 7 heteroatoms. The number of hydrazone groups is 1. The lowest BCUT2D eigenvalue weighted by molar-refractivity contribution is -0.136. The van der Waals surface area contributed by atoms with Crippen molar-refractivity contribution in [2.45, 2.75) is 13.8 Å². The average Bonchev–Trinajstić information content (AvgIpc) is 2.56. The van der Waals surface area contributed by atoms with Crippen molar-refractivity contribution < 1.29 is 9.59 Å². The number of halogens is 2. The zero-order valence-electron chi connectivity index (χ0n) is 13.1. The van der Waals surface area contributed by atoms with Crippen LogP contribution in [-0.4, -0.2) is 17.5 Å². The first kappa shape index (κ1) is 18.0. The molecule has 0 saturated carbocycles. The summed E-state index contributed by atoms with van der Waals surface area (Å²) in [6.07, 6.45) is 0. The van der Waals surface area contributed by atoms with Crippen LogP contribution in [0.3, 0.4) is 0 Å². The van der Waals surface area contributed by atoms with E-state index in [1.807, 2.05) is 19.1 Å². The van der Waals surface area contributed by atoms with E-state index in [1.54, 1.807) is 37.3 Å². The van der Waals surface area contributed by atoms with Crippen molar-refractivity contribution >= 4 is 46.4 Å². The van der Waals surface area contributed by atoms with Crippen LogP contribution in [0.2, 0.25) is 10.0 Å². The molecule has 0 saturated heterocycles. The number of rotatable bonds is 3. The van der Waals surface area contributed by atoms with Gasteiger partial charge in [0.1, 0.15) is 0 Å². The first-order valence-corrected chi connectivity index (χ1v) is 7.80. The Morgan fingerprint density at radius 2 is 1.62 bits per heavy atom. The summed E-state index contributed by atoms with van der Waals surface area (Å²) >= 11 is 11.8. The highest BCUT2D eigenvalue weighted by Crippen LogP contribution is 2.22. The summed E-state index contributed by atoms with van der Waals surface area (Å²) in [5, 5.41) is 7.19. The van der Waals surface area contributed by atoms with Crippen molar-refractivity contribution in [2.24, 2.45) is 5.10 Å². The maximum atomic E-state index is 11.8. The highest BCUT2D eigenvalue weighted by atomic mass is 35.5. The van der Waals surface area contributed by atoms with Gasteiger partial charge in [-0.3, -0.25) is 9.59 Å². The molecule has 0 heterocycles. The van der Waals surface area contributed by atoms with E-state index in [4.69, 9.17) is 23.2 Å². The molecule has 2 rings (SSSR count). The number of amides is 2. The SMILES string of the molecule is C/C(=N/NC(=O)C(=O)Nc1ccc(C)cc1)c1ccc(Cl)c(Cl)c1. The minimum absolute atomic E-state index is 0.382. The van der Waals surface area contributed by atoms with Crippen LogP contribution >= 0.6 is 23.2 Å². The van der Waals surface area contributed by atoms with Crippen LogP contribution in [0, 0.1) is 6.92 Å². The Hall–Kier alpha value is -2.37. The number of benzene rings is 2. The van der Waals surface area contributed by atoms with E-state index in [2.05, 4.69) is 15.8 Å². The fourth-order valence-electron chi connectivity index (χ4n) is 1.80. The third kappa shape index (κ3) is 4.81. The normalized spacial score (nSPS) is 11.1. The minimum Gasteiger partial charge on any atom is -0.318 e. The summed E-state index contributed by atoms with van der Waals surface area (Å²) in [7, 11) is 0. The van der Waals surface area contributed by atoms with Crippen LogP contribution in [0.1, 0.15) is 18.1 Å². The molecule has 0 aliphatic heterocycles. The zero-order chi connectivity index (χ0) is 17.7. The third-order valence-corrected chi connectivity index (χ3v) is 3.92. The van der Waals surface area contributed by atoms with Gasteiger partial charge in [0.05, 0.1) is 15.8 Å². The number of hydrogen-bond acceptors (Lipinski definition) is 3. The van der Waals surface area contributed by atoms with Gasteiger partial charge in [0.15, 0.2) is 0 Å². The molecule has 2 amide bonds. The quantitative estimate of drug-likeness (QED) is 0.494. The van der Waals surface area contributed by atoms with E-state index < -0.39 is 11.8 Å². The van der Waals surface area contributed by atoms with E-state index in [-0.39, 0.29) is 0 Å². The van der Waals surface area contributed by atoms with Crippen molar-refractivity contribution in [1.29, 1.82) is 0 Å². The number of carbonyl (C=O) groups is 2. The highest BCUT2D eigenvalue weighted by molar-refractivity contribution is 6.42. The number of anilines is 1. The Morgan fingerprint density at radius 1 is 0.958 bits per heavy atom. The fraction of sp³-hybridized carbons (Fsp3) is 0.118. The molecule has 0 unspecified atom stereocenters. The molecule has 2 aromatic carbocycles. The summed E-state index contributed by atoms with van der Waals surface area (Å²) in [5.74, 6) is -1.67. The van der Waals surface area contributed by atoms with Gasteiger partial charge in [-0.05, 0) is 43.7 Å². The van der Waals surface area contributed by atoms with Gasteiger partial charge in [0.25, 0.3) is 0 Å². The first-order valence-electron chi connectivity index (χ1n) is 7.04. The predicted molar refractivity (Wildman–Crippen MR) is 96.6 cm³/mol. The molecule has 0 aliphatic carbocycles. The zero-order valence-corrected chi connectivity index (χ0v) is 14.6. The van der Waals surface area contributed by atoms with Crippen molar-refractivity contribution in [3.05, 3.63) is 63.6 Å². The molecule has 0 atom stereocenters. The van der Waals surface area contributed by atoms with Crippen LogP contribution in [0.4, 0.5) is 5.69 Å². The lowest BCUT2D eigenvalue weighted by Crippen LogP contribution is -2.32. The number of carbonyl (C=O) groups excluding carboxylic acids is 2. The number of hydrogen-bond donors (Lipinski definition) is 2. The molecule has 0 radical (unpaired) electrons. The van der Waals surface area contributed by atoms with Gasteiger partial charge in [-0.2, -0.15) is 5.10 Å². The molecular formula is C17H15Cl2N3O2. The van der Waals surface area contributed by atoms with Crippen LogP contribution in [0.5, 0.6) is 0 Å². The van der Waals surface area contributed by atoms with Gasteiger partial charge in [-0.25, -0.2) is 5.43 Å². The number of nitrogens with zero attached hydrogens (tertiary/aromatic N) is 1. The topological polar surface area (TPSA) is 70.6 Å². The van der Waals surface area contributed by atoms with Crippen LogP contribution in [0.15, 0.2) is 47.6 Å².